The maximum atomic E-state index is 12.0. The van der Waals surface area contributed by atoms with Gasteiger partial charge in [-0.15, -0.1) is 24.8 Å². The molecule has 1 unspecified atom stereocenters. The second-order valence-electron chi connectivity index (χ2n) is 3.74. The molecular formula is C10H18Cl2N4O. The first-order valence-electron chi connectivity index (χ1n) is 5.27. The zero-order valence-electron chi connectivity index (χ0n) is 9.70. The maximum Gasteiger partial charge on any atom is 0.247 e. The van der Waals surface area contributed by atoms with Crippen LogP contribution in [0.3, 0.4) is 0 Å². The predicted octanol–water partition coefficient (Wildman–Crippen LogP) is 0.720. The van der Waals surface area contributed by atoms with Crippen LogP contribution >= 0.6 is 24.8 Å². The van der Waals surface area contributed by atoms with Crippen LogP contribution in [0.5, 0.6) is 0 Å². The summed E-state index contributed by atoms with van der Waals surface area (Å²) in [6.07, 6.45) is 3.52. The van der Waals surface area contributed by atoms with E-state index in [0.29, 0.717) is 0 Å². The summed E-state index contributed by atoms with van der Waals surface area (Å²) in [5, 5.41) is 7.31. The van der Waals surface area contributed by atoms with Crippen molar-refractivity contribution in [2.45, 2.75) is 13.0 Å². The lowest BCUT2D eigenvalue weighted by Crippen LogP contribution is -2.48. The Kier molecular flexibility index (Phi) is 7.18. The molecule has 98 valence electrons. The summed E-state index contributed by atoms with van der Waals surface area (Å²) < 4.78 is 1.70. The molecule has 1 amide bonds. The fourth-order valence-corrected chi connectivity index (χ4v) is 1.77. The molecule has 1 N–H and O–H groups in total. The topological polar surface area (TPSA) is 50.2 Å². The first kappa shape index (κ1) is 16.2. The number of piperazine rings is 1. The quantitative estimate of drug-likeness (QED) is 0.869. The molecule has 1 aromatic heterocycles. The molecule has 0 aliphatic carbocycles. The molecule has 5 nitrogen and oxygen atoms in total. The maximum absolute atomic E-state index is 12.0. The minimum atomic E-state index is -0.196. The Morgan fingerprint density at radius 3 is 2.53 bits per heavy atom. The summed E-state index contributed by atoms with van der Waals surface area (Å²) in [6, 6.07) is 1.64. The third-order valence-electron chi connectivity index (χ3n) is 2.71. The lowest BCUT2D eigenvalue weighted by atomic mass is 10.2. The van der Waals surface area contributed by atoms with Crippen molar-refractivity contribution in [1.82, 2.24) is 20.0 Å². The summed E-state index contributed by atoms with van der Waals surface area (Å²) in [4.78, 5) is 13.9. The summed E-state index contributed by atoms with van der Waals surface area (Å²) in [5.41, 5.74) is 0. The highest BCUT2D eigenvalue weighted by Gasteiger charge is 2.22. The van der Waals surface area contributed by atoms with E-state index in [-0.39, 0.29) is 36.8 Å². The Bertz CT molecular complexity index is 325. The number of amides is 1. The van der Waals surface area contributed by atoms with E-state index in [1.807, 2.05) is 24.1 Å². The molecule has 1 aliphatic rings. The Morgan fingerprint density at radius 2 is 2.00 bits per heavy atom. The molecule has 1 saturated heterocycles. The van der Waals surface area contributed by atoms with Gasteiger partial charge in [-0.05, 0) is 13.0 Å². The van der Waals surface area contributed by atoms with Gasteiger partial charge in [-0.25, -0.2) is 0 Å². The lowest BCUT2D eigenvalue weighted by Gasteiger charge is -2.29. The van der Waals surface area contributed by atoms with E-state index in [0.717, 1.165) is 26.2 Å². The van der Waals surface area contributed by atoms with Crippen LogP contribution in [0.4, 0.5) is 0 Å². The fourth-order valence-electron chi connectivity index (χ4n) is 1.77. The van der Waals surface area contributed by atoms with Crippen molar-refractivity contribution in [3.63, 3.8) is 0 Å². The van der Waals surface area contributed by atoms with Gasteiger partial charge >= 0.3 is 0 Å². The van der Waals surface area contributed by atoms with E-state index in [1.54, 1.807) is 10.9 Å². The van der Waals surface area contributed by atoms with Gasteiger partial charge in [-0.1, -0.05) is 0 Å². The number of aromatic nitrogens is 2. The highest BCUT2D eigenvalue weighted by Crippen LogP contribution is 2.08. The molecule has 0 radical (unpaired) electrons. The van der Waals surface area contributed by atoms with Crippen molar-refractivity contribution in [3.05, 3.63) is 18.5 Å². The SMILES string of the molecule is CC(C(=O)N1CCNCC1)n1cccn1.Cl.Cl. The van der Waals surface area contributed by atoms with Crippen molar-refractivity contribution in [2.75, 3.05) is 26.2 Å². The highest BCUT2D eigenvalue weighted by molar-refractivity contribution is 5.85. The average molecular weight is 281 g/mol. The molecule has 0 bridgehead atoms. The third-order valence-corrected chi connectivity index (χ3v) is 2.71. The number of carbonyl (C=O) groups is 1. The van der Waals surface area contributed by atoms with Gasteiger partial charge in [0.25, 0.3) is 0 Å². The van der Waals surface area contributed by atoms with Gasteiger partial charge in [0.05, 0.1) is 0 Å². The Hall–Kier alpha value is -0.780. The van der Waals surface area contributed by atoms with Crippen LogP contribution in [0.1, 0.15) is 13.0 Å². The molecule has 1 aromatic rings. The Morgan fingerprint density at radius 1 is 1.35 bits per heavy atom. The van der Waals surface area contributed by atoms with Crippen LogP contribution in [0.25, 0.3) is 0 Å². The number of hydrogen-bond donors (Lipinski definition) is 1. The molecule has 1 aliphatic heterocycles. The number of halogens is 2. The van der Waals surface area contributed by atoms with E-state index < -0.39 is 0 Å². The van der Waals surface area contributed by atoms with E-state index in [1.165, 1.54) is 0 Å². The average Bonchev–Trinajstić information content (AvgIpc) is 2.82. The largest absolute Gasteiger partial charge is 0.338 e. The minimum Gasteiger partial charge on any atom is -0.338 e. The standard InChI is InChI=1S/C10H16N4O.2ClH/c1-9(14-6-2-3-12-14)10(15)13-7-4-11-5-8-13;;/h2-3,6,9,11H,4-5,7-8H2,1H3;2*1H. The normalized spacial score (nSPS) is 16.6. The van der Waals surface area contributed by atoms with Gasteiger partial charge in [-0.3, -0.25) is 9.48 Å². The fraction of sp³-hybridized carbons (Fsp3) is 0.600. The van der Waals surface area contributed by atoms with Crippen molar-refractivity contribution < 1.29 is 4.79 Å². The van der Waals surface area contributed by atoms with Gasteiger partial charge < -0.3 is 10.2 Å². The first-order chi connectivity index (χ1) is 7.29. The van der Waals surface area contributed by atoms with Gasteiger partial charge in [0.1, 0.15) is 6.04 Å². The molecule has 0 spiro atoms. The summed E-state index contributed by atoms with van der Waals surface area (Å²) in [5.74, 6) is 0.153. The molecule has 1 atom stereocenters. The van der Waals surface area contributed by atoms with Crippen molar-refractivity contribution >= 4 is 30.7 Å². The lowest BCUT2D eigenvalue weighted by molar-refractivity contribution is -0.135. The van der Waals surface area contributed by atoms with Crippen molar-refractivity contribution in [3.8, 4) is 0 Å². The van der Waals surface area contributed by atoms with E-state index >= 15 is 0 Å². The van der Waals surface area contributed by atoms with Crippen LogP contribution in [0.15, 0.2) is 18.5 Å². The summed E-state index contributed by atoms with van der Waals surface area (Å²) in [7, 11) is 0. The van der Waals surface area contributed by atoms with Crippen molar-refractivity contribution in [2.24, 2.45) is 0 Å². The first-order valence-corrected chi connectivity index (χ1v) is 5.27. The van der Waals surface area contributed by atoms with E-state index in [2.05, 4.69) is 10.4 Å². The number of nitrogens with zero attached hydrogens (tertiary/aromatic N) is 3. The highest BCUT2D eigenvalue weighted by atomic mass is 35.5. The molecule has 17 heavy (non-hydrogen) atoms. The van der Waals surface area contributed by atoms with Gasteiger partial charge in [0.15, 0.2) is 0 Å². The molecule has 0 saturated carbocycles. The van der Waals surface area contributed by atoms with Gasteiger partial charge in [-0.2, -0.15) is 5.10 Å². The second-order valence-corrected chi connectivity index (χ2v) is 3.74. The smallest absolute Gasteiger partial charge is 0.247 e. The van der Waals surface area contributed by atoms with Crippen LogP contribution in [0.2, 0.25) is 0 Å². The number of hydrogen-bond acceptors (Lipinski definition) is 3. The second kappa shape index (κ2) is 7.53. The molecule has 2 rings (SSSR count). The Labute approximate surface area is 113 Å². The van der Waals surface area contributed by atoms with Crippen LogP contribution < -0.4 is 5.32 Å². The predicted molar refractivity (Wildman–Crippen MR) is 70.9 cm³/mol. The number of carbonyl (C=O) groups excluding carboxylic acids is 1. The monoisotopic (exact) mass is 280 g/mol. The van der Waals surface area contributed by atoms with E-state index in [9.17, 15) is 4.79 Å². The van der Waals surface area contributed by atoms with E-state index in [4.69, 9.17) is 0 Å². The molecule has 1 fully saturated rings. The Balaban J connectivity index is 0.00000128. The van der Waals surface area contributed by atoms with Crippen LogP contribution in [0, 0.1) is 0 Å². The van der Waals surface area contributed by atoms with Crippen LogP contribution in [-0.4, -0.2) is 46.8 Å². The zero-order chi connectivity index (χ0) is 10.7. The molecule has 0 aromatic carbocycles. The number of rotatable bonds is 2. The number of nitrogens with one attached hydrogen (secondary N) is 1. The zero-order valence-corrected chi connectivity index (χ0v) is 11.3. The minimum absolute atomic E-state index is 0. The molecular weight excluding hydrogens is 263 g/mol. The van der Waals surface area contributed by atoms with Crippen molar-refractivity contribution in [1.29, 1.82) is 0 Å². The summed E-state index contributed by atoms with van der Waals surface area (Å²) in [6.45, 7) is 5.25. The summed E-state index contributed by atoms with van der Waals surface area (Å²) >= 11 is 0. The van der Waals surface area contributed by atoms with Crippen LogP contribution in [-0.2, 0) is 4.79 Å². The molecule has 2 heterocycles. The molecule has 7 heteroatoms. The van der Waals surface area contributed by atoms with Gasteiger partial charge in [0, 0.05) is 38.6 Å². The van der Waals surface area contributed by atoms with Gasteiger partial charge in [0.2, 0.25) is 5.91 Å². The third kappa shape index (κ3) is 3.87.